The molecule has 1 fully saturated rings. The minimum atomic E-state index is 0.221. The molecule has 2 rings (SSSR count). The van der Waals surface area contributed by atoms with Crippen LogP contribution in [0.5, 0.6) is 0 Å². The molecule has 1 aliphatic rings. The first kappa shape index (κ1) is 11.8. The summed E-state index contributed by atoms with van der Waals surface area (Å²) in [7, 11) is 1.82. The molecular weight excluding hydrogens is 268 g/mol. The third-order valence-electron chi connectivity index (χ3n) is 3.36. The van der Waals surface area contributed by atoms with Gasteiger partial charge in [0.25, 0.3) is 0 Å². The Balaban J connectivity index is 2.02. The molecule has 0 unspecified atom stereocenters. The number of Topliss-reactive ketones (excluding diaryl/α,β-unsaturated/α-hetero) is 1. The highest BCUT2D eigenvalue weighted by Crippen LogP contribution is 2.28. The van der Waals surface area contributed by atoms with Crippen molar-refractivity contribution in [1.82, 2.24) is 9.78 Å². The highest BCUT2D eigenvalue weighted by atomic mass is 79.9. The van der Waals surface area contributed by atoms with Crippen LogP contribution >= 0.6 is 15.9 Å². The predicted molar refractivity (Wildman–Crippen MR) is 66.4 cm³/mol. The van der Waals surface area contributed by atoms with Gasteiger partial charge >= 0.3 is 0 Å². The van der Waals surface area contributed by atoms with Gasteiger partial charge in [-0.15, -0.1) is 0 Å². The first-order valence-electron chi connectivity index (χ1n) is 5.89. The predicted octanol–water partition coefficient (Wildman–Crippen LogP) is 3.34. The Bertz CT molecular complexity index is 361. The van der Waals surface area contributed by atoms with E-state index in [1.807, 2.05) is 7.05 Å². The summed E-state index contributed by atoms with van der Waals surface area (Å²) in [6.07, 6.45) is 8.68. The second-order valence-electron chi connectivity index (χ2n) is 4.60. The van der Waals surface area contributed by atoms with E-state index in [1.165, 1.54) is 32.1 Å². The van der Waals surface area contributed by atoms with E-state index in [4.69, 9.17) is 0 Å². The number of hydrogen-bond donors (Lipinski definition) is 0. The molecule has 1 aromatic heterocycles. The molecule has 16 heavy (non-hydrogen) atoms. The lowest BCUT2D eigenvalue weighted by molar-refractivity contribution is 0.0940. The summed E-state index contributed by atoms with van der Waals surface area (Å²) >= 11 is 3.38. The van der Waals surface area contributed by atoms with Gasteiger partial charge in [-0.3, -0.25) is 9.48 Å². The molecule has 3 nitrogen and oxygen atoms in total. The molecule has 0 N–H and O–H groups in total. The Morgan fingerprint density at radius 2 is 2.19 bits per heavy atom. The molecule has 0 aromatic carbocycles. The largest absolute Gasteiger partial charge is 0.292 e. The summed E-state index contributed by atoms with van der Waals surface area (Å²) in [5.74, 6) is 0.807. The van der Waals surface area contributed by atoms with Crippen molar-refractivity contribution in [2.24, 2.45) is 13.0 Å². The Labute approximate surface area is 104 Å². The number of nitrogens with zero attached hydrogens (tertiary/aromatic N) is 2. The lowest BCUT2D eigenvalue weighted by atomic mass is 9.85. The standard InChI is InChI=1S/C12H17BrN2O/c1-15-12(10(13)8-14-15)11(16)7-9-5-3-2-4-6-9/h8-9H,2-7H2,1H3. The maximum absolute atomic E-state index is 12.1. The average Bonchev–Trinajstić information content (AvgIpc) is 2.60. The number of halogens is 1. The lowest BCUT2D eigenvalue weighted by Gasteiger charge is -2.20. The number of aromatic nitrogens is 2. The number of hydrogen-bond acceptors (Lipinski definition) is 2. The molecular formula is C12H17BrN2O. The molecule has 1 heterocycles. The topological polar surface area (TPSA) is 34.9 Å². The number of ketones is 1. The highest BCUT2D eigenvalue weighted by molar-refractivity contribution is 9.10. The van der Waals surface area contributed by atoms with E-state index in [2.05, 4.69) is 21.0 Å². The molecule has 0 bridgehead atoms. The summed E-state index contributed by atoms with van der Waals surface area (Å²) in [6.45, 7) is 0. The van der Waals surface area contributed by atoms with Crippen molar-refractivity contribution in [1.29, 1.82) is 0 Å². The third-order valence-corrected chi connectivity index (χ3v) is 3.94. The van der Waals surface area contributed by atoms with E-state index in [0.717, 1.165) is 4.47 Å². The Kier molecular flexibility index (Phi) is 3.79. The lowest BCUT2D eigenvalue weighted by Crippen LogP contribution is -2.15. The van der Waals surface area contributed by atoms with Crippen molar-refractivity contribution in [3.05, 3.63) is 16.4 Å². The maximum Gasteiger partial charge on any atom is 0.182 e. The van der Waals surface area contributed by atoms with E-state index < -0.39 is 0 Å². The van der Waals surface area contributed by atoms with E-state index in [1.54, 1.807) is 10.9 Å². The van der Waals surface area contributed by atoms with Gasteiger partial charge in [-0.2, -0.15) is 5.10 Å². The van der Waals surface area contributed by atoms with E-state index >= 15 is 0 Å². The van der Waals surface area contributed by atoms with Gasteiger partial charge in [0.1, 0.15) is 5.69 Å². The first-order valence-corrected chi connectivity index (χ1v) is 6.68. The molecule has 0 spiro atoms. The zero-order chi connectivity index (χ0) is 11.5. The molecule has 1 saturated carbocycles. The van der Waals surface area contributed by atoms with E-state index in [0.29, 0.717) is 18.0 Å². The van der Waals surface area contributed by atoms with Gasteiger partial charge < -0.3 is 0 Å². The SMILES string of the molecule is Cn1ncc(Br)c1C(=O)CC1CCCCC1. The van der Waals surface area contributed by atoms with Crippen LogP contribution in [0.15, 0.2) is 10.7 Å². The van der Waals surface area contributed by atoms with Gasteiger partial charge in [0, 0.05) is 13.5 Å². The number of carbonyl (C=O) groups excluding carboxylic acids is 1. The van der Waals surface area contributed by atoms with Crippen molar-refractivity contribution in [3.63, 3.8) is 0 Å². The normalized spacial score (nSPS) is 17.6. The van der Waals surface area contributed by atoms with E-state index in [-0.39, 0.29) is 5.78 Å². The second-order valence-corrected chi connectivity index (χ2v) is 5.45. The summed E-state index contributed by atoms with van der Waals surface area (Å²) in [5.41, 5.74) is 0.713. The summed E-state index contributed by atoms with van der Waals surface area (Å²) in [6, 6.07) is 0. The maximum atomic E-state index is 12.1. The molecule has 4 heteroatoms. The Hall–Kier alpha value is -0.640. The highest BCUT2D eigenvalue weighted by Gasteiger charge is 2.21. The molecule has 0 atom stereocenters. The quantitative estimate of drug-likeness (QED) is 0.798. The van der Waals surface area contributed by atoms with Crippen LogP contribution in [0.3, 0.4) is 0 Å². The van der Waals surface area contributed by atoms with Crippen LogP contribution < -0.4 is 0 Å². The second kappa shape index (κ2) is 5.13. The summed E-state index contributed by atoms with van der Waals surface area (Å²) < 4.78 is 2.48. The first-order chi connectivity index (χ1) is 7.68. The molecule has 0 aliphatic heterocycles. The van der Waals surface area contributed by atoms with Crippen molar-refractivity contribution in [2.45, 2.75) is 38.5 Å². The van der Waals surface area contributed by atoms with Gasteiger partial charge in [0.15, 0.2) is 5.78 Å². The minimum Gasteiger partial charge on any atom is -0.292 e. The fourth-order valence-corrected chi connectivity index (χ4v) is 3.04. The van der Waals surface area contributed by atoms with Gasteiger partial charge in [-0.1, -0.05) is 32.1 Å². The van der Waals surface area contributed by atoms with Crippen molar-refractivity contribution in [3.8, 4) is 0 Å². The zero-order valence-electron chi connectivity index (χ0n) is 9.58. The summed E-state index contributed by atoms with van der Waals surface area (Å²) in [5, 5.41) is 4.08. The molecule has 0 saturated heterocycles. The molecule has 0 radical (unpaired) electrons. The molecule has 1 aromatic rings. The van der Waals surface area contributed by atoms with Crippen molar-refractivity contribution < 1.29 is 4.79 Å². The molecule has 0 amide bonds. The van der Waals surface area contributed by atoms with Crippen molar-refractivity contribution in [2.75, 3.05) is 0 Å². The van der Waals surface area contributed by atoms with Crippen LogP contribution in [-0.4, -0.2) is 15.6 Å². The van der Waals surface area contributed by atoms with Crippen LogP contribution in [-0.2, 0) is 7.05 Å². The Morgan fingerprint density at radius 1 is 1.50 bits per heavy atom. The van der Waals surface area contributed by atoms with Crippen LogP contribution in [0.1, 0.15) is 49.0 Å². The van der Waals surface area contributed by atoms with Gasteiger partial charge in [0.05, 0.1) is 10.7 Å². The number of aryl methyl sites for hydroxylation is 1. The minimum absolute atomic E-state index is 0.221. The van der Waals surface area contributed by atoms with Crippen LogP contribution in [0.25, 0.3) is 0 Å². The fraction of sp³-hybridized carbons (Fsp3) is 0.667. The third kappa shape index (κ3) is 2.54. The fourth-order valence-electron chi connectivity index (χ4n) is 2.47. The van der Waals surface area contributed by atoms with Crippen LogP contribution in [0, 0.1) is 5.92 Å². The van der Waals surface area contributed by atoms with Gasteiger partial charge in [0.2, 0.25) is 0 Å². The number of rotatable bonds is 3. The van der Waals surface area contributed by atoms with Crippen molar-refractivity contribution >= 4 is 21.7 Å². The number of carbonyl (C=O) groups is 1. The molecule has 88 valence electrons. The van der Waals surface area contributed by atoms with Gasteiger partial charge in [-0.05, 0) is 21.8 Å². The van der Waals surface area contributed by atoms with Crippen LogP contribution in [0.4, 0.5) is 0 Å². The summed E-state index contributed by atoms with van der Waals surface area (Å²) in [4.78, 5) is 12.1. The van der Waals surface area contributed by atoms with E-state index in [9.17, 15) is 4.79 Å². The molecule has 1 aliphatic carbocycles. The van der Waals surface area contributed by atoms with Crippen LogP contribution in [0.2, 0.25) is 0 Å². The Morgan fingerprint density at radius 3 is 2.75 bits per heavy atom. The smallest absolute Gasteiger partial charge is 0.182 e. The van der Waals surface area contributed by atoms with Gasteiger partial charge in [-0.25, -0.2) is 0 Å². The monoisotopic (exact) mass is 284 g/mol. The average molecular weight is 285 g/mol. The zero-order valence-corrected chi connectivity index (χ0v) is 11.2.